The second kappa shape index (κ2) is 7.20. The maximum absolute atomic E-state index is 11.8. The molecule has 0 heterocycles. The van der Waals surface area contributed by atoms with Gasteiger partial charge in [-0.05, 0) is 44.9 Å². The summed E-state index contributed by atoms with van der Waals surface area (Å²) in [6.45, 7) is 5.42. The number of rotatable bonds is 5. The normalized spacial score (nSPS) is 14.7. The summed E-state index contributed by atoms with van der Waals surface area (Å²) in [5.74, 6) is -0.403. The Labute approximate surface area is 127 Å². The van der Waals surface area contributed by atoms with Gasteiger partial charge in [-0.25, -0.2) is 4.79 Å². The summed E-state index contributed by atoms with van der Waals surface area (Å²) in [5.41, 5.74) is 0.457. The van der Waals surface area contributed by atoms with Crippen LogP contribution in [0.1, 0.15) is 49.2 Å². The Bertz CT molecular complexity index is 436. The summed E-state index contributed by atoms with van der Waals surface area (Å²) < 4.78 is 5.25. The third-order valence-electron chi connectivity index (χ3n) is 2.66. The fraction of sp³-hybridized carbons (Fsp3) is 0.533. The van der Waals surface area contributed by atoms with Crippen molar-refractivity contribution in [1.82, 2.24) is 0 Å². The molecule has 0 bridgehead atoms. The predicted octanol–water partition coefficient (Wildman–Crippen LogP) is 2.82. The van der Waals surface area contributed by atoms with E-state index in [2.05, 4.69) is 15.9 Å². The SMILES string of the molecule is CC(C)(C)OC(=O)c1ccc(C(O)C(O)CCBr)cc1. The van der Waals surface area contributed by atoms with Crippen LogP contribution in [0.25, 0.3) is 0 Å². The van der Waals surface area contributed by atoms with Gasteiger partial charge in [0.2, 0.25) is 0 Å². The zero-order valence-corrected chi connectivity index (χ0v) is 13.6. The van der Waals surface area contributed by atoms with Crippen LogP contribution in [0.4, 0.5) is 0 Å². The third kappa shape index (κ3) is 5.23. The highest BCUT2D eigenvalue weighted by Gasteiger charge is 2.20. The summed E-state index contributed by atoms with van der Waals surface area (Å²) in [4.78, 5) is 11.8. The summed E-state index contributed by atoms with van der Waals surface area (Å²) in [6, 6.07) is 6.43. The molecule has 2 unspecified atom stereocenters. The molecule has 0 fully saturated rings. The number of alkyl halides is 1. The standard InChI is InChI=1S/C15H21BrO4/c1-15(2,3)20-14(19)11-6-4-10(5-7-11)13(18)12(17)8-9-16/h4-7,12-13,17-18H,8-9H2,1-3H3. The van der Waals surface area contributed by atoms with E-state index in [1.54, 1.807) is 45.0 Å². The highest BCUT2D eigenvalue weighted by atomic mass is 79.9. The van der Waals surface area contributed by atoms with Gasteiger partial charge in [-0.1, -0.05) is 28.1 Å². The Morgan fingerprint density at radius 3 is 2.25 bits per heavy atom. The van der Waals surface area contributed by atoms with Gasteiger partial charge in [0.1, 0.15) is 11.7 Å². The Morgan fingerprint density at radius 2 is 1.80 bits per heavy atom. The average Bonchev–Trinajstić information content (AvgIpc) is 2.36. The minimum atomic E-state index is -0.958. The quantitative estimate of drug-likeness (QED) is 0.636. The zero-order chi connectivity index (χ0) is 15.3. The maximum Gasteiger partial charge on any atom is 0.338 e. The molecule has 0 saturated carbocycles. The lowest BCUT2D eigenvalue weighted by atomic mass is 10.0. The first-order valence-corrected chi connectivity index (χ1v) is 7.62. The van der Waals surface area contributed by atoms with E-state index in [-0.39, 0.29) is 0 Å². The molecule has 0 aliphatic heterocycles. The molecule has 20 heavy (non-hydrogen) atoms. The predicted molar refractivity (Wildman–Crippen MR) is 81.0 cm³/mol. The highest BCUT2D eigenvalue weighted by molar-refractivity contribution is 9.09. The number of halogens is 1. The van der Waals surface area contributed by atoms with Gasteiger partial charge in [-0.15, -0.1) is 0 Å². The molecule has 4 nitrogen and oxygen atoms in total. The summed E-state index contributed by atoms with van der Waals surface area (Å²) in [5, 5.41) is 20.3. The van der Waals surface area contributed by atoms with Crippen LogP contribution < -0.4 is 0 Å². The molecule has 1 rings (SSSR count). The molecule has 0 radical (unpaired) electrons. The molecule has 0 spiro atoms. The Morgan fingerprint density at radius 1 is 1.25 bits per heavy atom. The molecule has 2 N–H and O–H groups in total. The summed E-state index contributed by atoms with van der Waals surface area (Å²) in [6.07, 6.45) is -1.34. The van der Waals surface area contributed by atoms with Crippen LogP contribution in [0.2, 0.25) is 0 Å². The molecule has 0 amide bonds. The van der Waals surface area contributed by atoms with Crippen LogP contribution in [-0.2, 0) is 4.74 Å². The number of ether oxygens (including phenoxy) is 1. The number of hydrogen-bond acceptors (Lipinski definition) is 4. The van der Waals surface area contributed by atoms with E-state index >= 15 is 0 Å². The topological polar surface area (TPSA) is 66.8 Å². The van der Waals surface area contributed by atoms with E-state index in [9.17, 15) is 15.0 Å². The van der Waals surface area contributed by atoms with Gasteiger partial charge in [0.25, 0.3) is 0 Å². The molecule has 0 aliphatic rings. The molecule has 0 saturated heterocycles. The third-order valence-corrected chi connectivity index (χ3v) is 3.11. The minimum absolute atomic E-state index is 0.403. The molecular weight excluding hydrogens is 324 g/mol. The molecular formula is C15H21BrO4. The van der Waals surface area contributed by atoms with Crippen molar-refractivity contribution in [2.45, 2.75) is 45.0 Å². The first-order valence-electron chi connectivity index (χ1n) is 6.50. The summed E-state index contributed by atoms with van der Waals surface area (Å²) in [7, 11) is 0. The van der Waals surface area contributed by atoms with Crippen molar-refractivity contribution >= 4 is 21.9 Å². The second-order valence-corrected chi connectivity index (χ2v) is 6.41. The van der Waals surface area contributed by atoms with Crippen LogP contribution >= 0.6 is 15.9 Å². The van der Waals surface area contributed by atoms with Gasteiger partial charge in [0, 0.05) is 5.33 Å². The number of aliphatic hydroxyl groups is 2. The second-order valence-electron chi connectivity index (χ2n) is 5.61. The number of esters is 1. The van der Waals surface area contributed by atoms with E-state index in [1.165, 1.54) is 0 Å². The largest absolute Gasteiger partial charge is 0.456 e. The van der Waals surface area contributed by atoms with Crippen LogP contribution in [0.5, 0.6) is 0 Å². The van der Waals surface area contributed by atoms with Crippen molar-refractivity contribution < 1.29 is 19.7 Å². The number of benzene rings is 1. The lowest BCUT2D eigenvalue weighted by Gasteiger charge is -2.20. The lowest BCUT2D eigenvalue weighted by Crippen LogP contribution is -2.24. The van der Waals surface area contributed by atoms with Crippen LogP contribution in [-0.4, -0.2) is 33.2 Å². The molecule has 0 aliphatic carbocycles. The van der Waals surface area contributed by atoms with E-state index in [1.807, 2.05) is 0 Å². The first-order chi connectivity index (χ1) is 9.24. The van der Waals surface area contributed by atoms with Gasteiger partial charge >= 0.3 is 5.97 Å². The van der Waals surface area contributed by atoms with Crippen molar-refractivity contribution in [3.63, 3.8) is 0 Å². The molecule has 112 valence electrons. The summed E-state index contributed by atoms with van der Waals surface area (Å²) >= 11 is 3.22. The smallest absolute Gasteiger partial charge is 0.338 e. The van der Waals surface area contributed by atoms with Crippen molar-refractivity contribution in [2.24, 2.45) is 0 Å². The van der Waals surface area contributed by atoms with Crippen molar-refractivity contribution in [1.29, 1.82) is 0 Å². The fourth-order valence-corrected chi connectivity index (χ4v) is 2.11. The minimum Gasteiger partial charge on any atom is -0.456 e. The average molecular weight is 345 g/mol. The molecule has 2 atom stereocenters. The monoisotopic (exact) mass is 344 g/mol. The van der Waals surface area contributed by atoms with Crippen LogP contribution in [0, 0.1) is 0 Å². The van der Waals surface area contributed by atoms with Crippen molar-refractivity contribution in [3.8, 4) is 0 Å². The lowest BCUT2D eigenvalue weighted by molar-refractivity contribution is 0.00686. The van der Waals surface area contributed by atoms with E-state index < -0.39 is 23.8 Å². The van der Waals surface area contributed by atoms with Gasteiger partial charge in [0.05, 0.1) is 11.7 Å². The number of aliphatic hydroxyl groups excluding tert-OH is 2. The molecule has 1 aromatic rings. The number of carbonyl (C=O) groups is 1. The Hall–Kier alpha value is -0.910. The van der Waals surface area contributed by atoms with Crippen LogP contribution in [0.3, 0.4) is 0 Å². The fourth-order valence-electron chi connectivity index (χ4n) is 1.65. The molecule has 0 aromatic heterocycles. The van der Waals surface area contributed by atoms with E-state index in [0.29, 0.717) is 22.9 Å². The first kappa shape index (κ1) is 17.1. The Balaban J connectivity index is 2.76. The van der Waals surface area contributed by atoms with Gasteiger partial charge in [0.15, 0.2) is 0 Å². The zero-order valence-electron chi connectivity index (χ0n) is 12.0. The maximum atomic E-state index is 11.8. The highest BCUT2D eigenvalue weighted by Crippen LogP contribution is 2.21. The van der Waals surface area contributed by atoms with Gasteiger partial charge in [-0.3, -0.25) is 0 Å². The molecule has 1 aromatic carbocycles. The molecule has 5 heteroatoms. The van der Waals surface area contributed by atoms with Crippen LogP contribution in [0.15, 0.2) is 24.3 Å². The van der Waals surface area contributed by atoms with Gasteiger partial charge < -0.3 is 14.9 Å². The van der Waals surface area contributed by atoms with E-state index in [4.69, 9.17) is 4.74 Å². The number of hydrogen-bond donors (Lipinski definition) is 2. The number of carbonyl (C=O) groups excluding carboxylic acids is 1. The Kier molecular flexibility index (Phi) is 6.17. The van der Waals surface area contributed by atoms with Crippen molar-refractivity contribution in [2.75, 3.05) is 5.33 Å². The van der Waals surface area contributed by atoms with Gasteiger partial charge in [-0.2, -0.15) is 0 Å². The van der Waals surface area contributed by atoms with Crippen molar-refractivity contribution in [3.05, 3.63) is 35.4 Å². The van der Waals surface area contributed by atoms with E-state index in [0.717, 1.165) is 0 Å².